The molecule has 2 atom stereocenters. The normalized spacial score (nSPS) is 19.8. The topological polar surface area (TPSA) is 139 Å². The molecule has 4 rings (SSSR count). The molecule has 10 heteroatoms. The number of amides is 2. The summed E-state index contributed by atoms with van der Waals surface area (Å²) in [5, 5.41) is 11.9. The van der Waals surface area contributed by atoms with E-state index in [-0.39, 0.29) is 18.1 Å². The van der Waals surface area contributed by atoms with Gasteiger partial charge in [0.05, 0.1) is 18.2 Å². The lowest BCUT2D eigenvalue weighted by molar-refractivity contribution is -0.130. The molecule has 5 N–H and O–H groups in total. The Morgan fingerprint density at radius 1 is 1.06 bits per heavy atom. The van der Waals surface area contributed by atoms with Crippen molar-refractivity contribution >= 4 is 38.7 Å². The van der Waals surface area contributed by atoms with Gasteiger partial charge in [0.2, 0.25) is 11.8 Å². The number of anilines is 1. The van der Waals surface area contributed by atoms with Gasteiger partial charge < -0.3 is 11.1 Å². The summed E-state index contributed by atoms with van der Waals surface area (Å²) in [6.07, 6.45) is 1.63. The molecule has 190 valence electrons. The summed E-state index contributed by atoms with van der Waals surface area (Å²) in [5.74, 6) is -1.03. The summed E-state index contributed by atoms with van der Waals surface area (Å²) in [5.41, 5.74) is 10.0. The van der Waals surface area contributed by atoms with Gasteiger partial charge in [0.1, 0.15) is 4.75 Å². The van der Waals surface area contributed by atoms with Crippen molar-refractivity contribution in [2.45, 2.75) is 42.9 Å². The van der Waals surface area contributed by atoms with Crippen molar-refractivity contribution < 1.29 is 23.2 Å². The number of carbonyl (C=O) groups excluding carboxylic acids is 2. The van der Waals surface area contributed by atoms with Crippen LogP contribution >= 0.6 is 11.3 Å². The number of nitrogens with one attached hydrogen (secondary N) is 2. The van der Waals surface area contributed by atoms with E-state index in [4.69, 9.17) is 10.9 Å². The Morgan fingerprint density at radius 2 is 1.83 bits per heavy atom. The SMILES string of the molecule is N[C@@H](Cc1ccccc1)C(=O)Nc1cccc(-c2ccc([C@@]3(CC(=O)NO)CCCCS3(=O)=O)s2)c1. The first-order chi connectivity index (χ1) is 17.2. The highest BCUT2D eigenvalue weighted by Gasteiger charge is 2.49. The van der Waals surface area contributed by atoms with E-state index in [0.717, 1.165) is 16.0 Å². The van der Waals surface area contributed by atoms with Gasteiger partial charge in [0.15, 0.2) is 9.84 Å². The van der Waals surface area contributed by atoms with Gasteiger partial charge in [-0.2, -0.15) is 0 Å². The second-order valence-corrected chi connectivity index (χ2v) is 12.5. The predicted octanol–water partition coefficient (Wildman–Crippen LogP) is 3.61. The average Bonchev–Trinajstić information content (AvgIpc) is 3.37. The molecule has 2 amide bonds. The zero-order valence-corrected chi connectivity index (χ0v) is 21.3. The molecular weight excluding hydrogens is 498 g/mol. The summed E-state index contributed by atoms with van der Waals surface area (Å²) in [4.78, 5) is 26.1. The molecule has 0 unspecified atom stereocenters. The number of carbonyl (C=O) groups is 2. The van der Waals surface area contributed by atoms with Crippen LogP contribution in [0.1, 0.15) is 36.1 Å². The molecule has 36 heavy (non-hydrogen) atoms. The van der Waals surface area contributed by atoms with E-state index in [9.17, 15) is 18.0 Å². The van der Waals surface area contributed by atoms with Crippen molar-refractivity contribution in [3.05, 3.63) is 77.2 Å². The Kier molecular flexibility index (Phi) is 7.89. The minimum atomic E-state index is -3.60. The molecule has 0 bridgehead atoms. The summed E-state index contributed by atoms with van der Waals surface area (Å²) < 4.78 is 25.0. The largest absolute Gasteiger partial charge is 0.325 e. The van der Waals surface area contributed by atoms with Crippen molar-refractivity contribution in [3.63, 3.8) is 0 Å². The van der Waals surface area contributed by atoms with Crippen LogP contribution in [0.3, 0.4) is 0 Å². The van der Waals surface area contributed by atoms with Gasteiger partial charge in [0, 0.05) is 15.4 Å². The average molecular weight is 528 g/mol. The minimum Gasteiger partial charge on any atom is -0.325 e. The maximum Gasteiger partial charge on any atom is 0.245 e. The second kappa shape index (κ2) is 10.9. The highest BCUT2D eigenvalue weighted by atomic mass is 32.2. The van der Waals surface area contributed by atoms with Gasteiger partial charge in [-0.1, -0.05) is 48.9 Å². The van der Waals surface area contributed by atoms with Crippen molar-refractivity contribution in [2.75, 3.05) is 11.1 Å². The van der Waals surface area contributed by atoms with Crippen LogP contribution in [0.2, 0.25) is 0 Å². The standard InChI is InChI=1S/C26H29N3O5S2/c27-21(15-18-7-2-1-3-8-18)25(31)28-20-10-6-9-19(16-20)22-11-12-23(35-22)26(17-24(30)29-32)13-4-5-14-36(26,33)34/h1-3,6-12,16,21,32H,4-5,13-15,17,27H2,(H,28,31)(H,29,30)/t21-,26-/m0/s1. The van der Waals surface area contributed by atoms with Gasteiger partial charge in [0.25, 0.3) is 0 Å². The summed E-state index contributed by atoms with van der Waals surface area (Å²) in [6, 6.07) is 19.7. The molecule has 2 heterocycles. The van der Waals surface area contributed by atoms with Crippen molar-refractivity contribution in [1.29, 1.82) is 0 Å². The van der Waals surface area contributed by atoms with Crippen molar-refractivity contribution in [3.8, 4) is 10.4 Å². The third kappa shape index (κ3) is 5.52. The monoisotopic (exact) mass is 527 g/mol. The first-order valence-corrected chi connectivity index (χ1v) is 14.2. The second-order valence-electron chi connectivity index (χ2n) is 9.01. The number of hydroxylamine groups is 1. The zero-order chi connectivity index (χ0) is 25.8. The minimum absolute atomic E-state index is 0.00367. The summed E-state index contributed by atoms with van der Waals surface area (Å²) >= 11 is 1.30. The first-order valence-electron chi connectivity index (χ1n) is 11.7. The molecular formula is C26H29N3O5S2. The van der Waals surface area contributed by atoms with Crippen LogP contribution in [0.4, 0.5) is 5.69 Å². The van der Waals surface area contributed by atoms with Crippen molar-refractivity contribution in [1.82, 2.24) is 5.48 Å². The molecule has 0 spiro atoms. The van der Waals surface area contributed by atoms with Gasteiger partial charge in [-0.15, -0.1) is 11.3 Å². The van der Waals surface area contributed by atoms with Gasteiger partial charge in [-0.25, -0.2) is 13.9 Å². The Bertz CT molecular complexity index is 1340. The Morgan fingerprint density at radius 3 is 2.56 bits per heavy atom. The third-order valence-electron chi connectivity index (χ3n) is 6.51. The van der Waals surface area contributed by atoms with Gasteiger partial charge in [-0.05, 0) is 54.7 Å². The fourth-order valence-electron chi connectivity index (χ4n) is 4.60. The van der Waals surface area contributed by atoms with E-state index in [1.165, 1.54) is 11.3 Å². The van der Waals surface area contributed by atoms with Crippen LogP contribution in [0.25, 0.3) is 10.4 Å². The molecule has 3 aromatic rings. The van der Waals surface area contributed by atoms with E-state index in [1.54, 1.807) is 23.7 Å². The number of benzene rings is 2. The van der Waals surface area contributed by atoms with Crippen LogP contribution in [0, 0.1) is 0 Å². The van der Waals surface area contributed by atoms with E-state index in [0.29, 0.717) is 36.2 Å². The maximum atomic E-state index is 13.2. The highest BCUT2D eigenvalue weighted by Crippen LogP contribution is 2.47. The molecule has 1 aromatic heterocycles. The molecule has 0 saturated carbocycles. The van der Waals surface area contributed by atoms with E-state index in [2.05, 4.69) is 5.32 Å². The number of thiophene rings is 1. The quantitative estimate of drug-likeness (QED) is 0.261. The Balaban J connectivity index is 1.55. The Labute approximate surface area is 214 Å². The van der Waals surface area contributed by atoms with Crippen molar-refractivity contribution in [2.24, 2.45) is 5.73 Å². The lowest BCUT2D eigenvalue weighted by atomic mass is 9.94. The summed E-state index contributed by atoms with van der Waals surface area (Å²) in [6.45, 7) is 0. The van der Waals surface area contributed by atoms with E-state index in [1.807, 2.05) is 48.5 Å². The van der Waals surface area contributed by atoms with E-state index < -0.39 is 26.5 Å². The highest BCUT2D eigenvalue weighted by molar-refractivity contribution is 7.92. The molecule has 2 aromatic carbocycles. The number of nitrogens with two attached hydrogens (primary N) is 1. The fraction of sp³-hybridized carbons (Fsp3) is 0.308. The third-order valence-corrected chi connectivity index (χ3v) is 10.6. The van der Waals surface area contributed by atoms with E-state index >= 15 is 0 Å². The van der Waals surface area contributed by atoms with Crippen LogP contribution in [0.5, 0.6) is 0 Å². The molecule has 0 aliphatic carbocycles. The number of rotatable bonds is 8. The molecule has 8 nitrogen and oxygen atoms in total. The van der Waals surface area contributed by atoms with Gasteiger partial charge in [-0.3, -0.25) is 14.8 Å². The predicted molar refractivity (Wildman–Crippen MR) is 140 cm³/mol. The van der Waals surface area contributed by atoms with Crippen LogP contribution in [-0.4, -0.2) is 37.2 Å². The van der Waals surface area contributed by atoms with Gasteiger partial charge >= 0.3 is 0 Å². The molecule has 1 aliphatic rings. The summed E-state index contributed by atoms with van der Waals surface area (Å²) in [7, 11) is -3.60. The van der Waals surface area contributed by atoms with Crippen LogP contribution in [-0.2, 0) is 30.6 Å². The molecule has 1 aliphatic heterocycles. The number of hydrogen-bond acceptors (Lipinski definition) is 7. The number of hydrogen-bond donors (Lipinski definition) is 4. The fourth-order valence-corrected chi connectivity index (χ4v) is 8.37. The molecule has 0 radical (unpaired) electrons. The first kappa shape index (κ1) is 26.0. The molecule has 1 fully saturated rings. The number of sulfone groups is 1. The molecule has 1 saturated heterocycles. The maximum absolute atomic E-state index is 13.2. The lowest BCUT2D eigenvalue weighted by Crippen LogP contribution is -2.43. The zero-order valence-electron chi connectivity index (χ0n) is 19.6. The van der Waals surface area contributed by atoms with Crippen LogP contribution < -0.4 is 16.5 Å². The smallest absolute Gasteiger partial charge is 0.245 e. The van der Waals surface area contributed by atoms with Crippen LogP contribution in [0.15, 0.2) is 66.7 Å². The Hall–Kier alpha value is -3.05. The lowest BCUT2D eigenvalue weighted by Gasteiger charge is -2.35.